The lowest BCUT2D eigenvalue weighted by Crippen LogP contribution is -2.30. The average molecular weight is 328 g/mol. The second kappa shape index (κ2) is 5.88. The van der Waals surface area contributed by atoms with Crippen molar-refractivity contribution in [2.75, 3.05) is 18.0 Å². The molecule has 0 aliphatic carbocycles. The van der Waals surface area contributed by atoms with Crippen LogP contribution in [0.5, 0.6) is 0 Å². The number of hydrogen-bond acceptors (Lipinski definition) is 3. The first kappa shape index (κ1) is 14.5. The van der Waals surface area contributed by atoms with E-state index in [1.807, 2.05) is 6.20 Å². The van der Waals surface area contributed by atoms with Crippen molar-refractivity contribution in [1.29, 1.82) is 0 Å². The molecule has 1 N–H and O–H groups in total. The molecule has 4 nitrogen and oxygen atoms in total. The monoisotopic (exact) mass is 328 g/mol. The molecule has 0 bridgehead atoms. The van der Waals surface area contributed by atoms with E-state index in [-0.39, 0.29) is 0 Å². The summed E-state index contributed by atoms with van der Waals surface area (Å²) in [4.78, 5) is 7.54. The van der Waals surface area contributed by atoms with E-state index >= 15 is 0 Å². The first-order chi connectivity index (χ1) is 12.4. The number of H-pyrrole nitrogens is 1. The summed E-state index contributed by atoms with van der Waals surface area (Å²) < 4.78 is 0. The summed E-state index contributed by atoms with van der Waals surface area (Å²) in [6.07, 6.45) is 5.72. The Bertz CT molecular complexity index is 1040. The maximum Gasteiger partial charge on any atom is 0.0943 e. The SMILES string of the molecule is c1ccc2nc(-c3ccc4[nH]ncc4c3)c(N3CCCCC3)cc2c1. The number of nitrogens with zero attached hydrogens (tertiary/aromatic N) is 3. The summed E-state index contributed by atoms with van der Waals surface area (Å²) in [5.74, 6) is 0. The number of hydrogen-bond donors (Lipinski definition) is 1. The van der Waals surface area contributed by atoms with Crippen LogP contribution < -0.4 is 4.90 Å². The van der Waals surface area contributed by atoms with Gasteiger partial charge in [-0.3, -0.25) is 5.10 Å². The molecule has 1 aliphatic heterocycles. The number of aromatic amines is 1. The number of pyridine rings is 1. The number of piperidine rings is 1. The van der Waals surface area contributed by atoms with Gasteiger partial charge in [0.1, 0.15) is 0 Å². The van der Waals surface area contributed by atoms with Gasteiger partial charge in [-0.1, -0.05) is 24.3 Å². The van der Waals surface area contributed by atoms with Crippen molar-refractivity contribution in [2.24, 2.45) is 0 Å². The molecule has 1 saturated heterocycles. The zero-order valence-corrected chi connectivity index (χ0v) is 14.1. The van der Waals surface area contributed by atoms with Crippen molar-refractivity contribution in [3.05, 3.63) is 54.7 Å². The average Bonchev–Trinajstić information content (AvgIpc) is 3.15. The largest absolute Gasteiger partial charge is 0.370 e. The smallest absolute Gasteiger partial charge is 0.0943 e. The van der Waals surface area contributed by atoms with Crippen LogP contribution >= 0.6 is 0 Å². The van der Waals surface area contributed by atoms with Crippen LogP contribution in [0.4, 0.5) is 5.69 Å². The Kier molecular flexibility index (Phi) is 3.40. The molecule has 2 aromatic carbocycles. The number of fused-ring (bicyclic) bond motifs is 2. The van der Waals surface area contributed by atoms with Gasteiger partial charge in [0, 0.05) is 29.4 Å². The number of para-hydroxylation sites is 1. The van der Waals surface area contributed by atoms with Gasteiger partial charge >= 0.3 is 0 Å². The first-order valence-electron chi connectivity index (χ1n) is 8.97. The highest BCUT2D eigenvalue weighted by Crippen LogP contribution is 2.34. The Labute approximate surface area is 146 Å². The fraction of sp³-hybridized carbons (Fsp3) is 0.238. The molecule has 0 unspecified atom stereocenters. The van der Waals surface area contributed by atoms with Crippen molar-refractivity contribution >= 4 is 27.5 Å². The van der Waals surface area contributed by atoms with Gasteiger partial charge in [0.15, 0.2) is 0 Å². The Hall–Kier alpha value is -2.88. The molecule has 4 heteroatoms. The van der Waals surface area contributed by atoms with Gasteiger partial charge in [0.25, 0.3) is 0 Å². The van der Waals surface area contributed by atoms with Crippen LogP contribution in [0.25, 0.3) is 33.1 Å². The lowest BCUT2D eigenvalue weighted by atomic mass is 10.0. The van der Waals surface area contributed by atoms with E-state index in [2.05, 4.69) is 63.6 Å². The molecule has 5 rings (SSSR count). The molecule has 0 saturated carbocycles. The molecule has 4 aromatic rings. The Morgan fingerprint density at radius 2 is 1.76 bits per heavy atom. The third kappa shape index (κ3) is 2.54. The van der Waals surface area contributed by atoms with Crippen LogP contribution in [0.15, 0.2) is 54.7 Å². The summed E-state index contributed by atoms with van der Waals surface area (Å²) >= 11 is 0. The molecule has 0 amide bonds. The van der Waals surface area contributed by atoms with Crippen LogP contribution in [0.1, 0.15) is 19.3 Å². The zero-order valence-electron chi connectivity index (χ0n) is 14.1. The maximum absolute atomic E-state index is 5.04. The van der Waals surface area contributed by atoms with E-state index in [1.54, 1.807) is 0 Å². The third-order valence-electron chi connectivity index (χ3n) is 5.11. The molecule has 1 fully saturated rings. The van der Waals surface area contributed by atoms with Gasteiger partial charge in [-0.2, -0.15) is 5.10 Å². The number of aromatic nitrogens is 3. The van der Waals surface area contributed by atoms with Gasteiger partial charge in [0.2, 0.25) is 0 Å². The third-order valence-corrected chi connectivity index (χ3v) is 5.11. The van der Waals surface area contributed by atoms with E-state index in [9.17, 15) is 0 Å². The number of anilines is 1. The molecule has 124 valence electrons. The summed E-state index contributed by atoms with van der Waals surface area (Å²) in [5, 5.41) is 9.49. The van der Waals surface area contributed by atoms with Gasteiger partial charge < -0.3 is 4.90 Å². The molecule has 0 atom stereocenters. The van der Waals surface area contributed by atoms with E-state index in [1.165, 1.54) is 30.3 Å². The quantitative estimate of drug-likeness (QED) is 0.576. The molecule has 2 aromatic heterocycles. The normalized spacial score (nSPS) is 15.1. The standard InChI is InChI=1S/C21H20N4/c1-4-10-25(11-5-1)20-13-15-6-2-3-7-18(15)23-21(20)16-8-9-19-17(12-16)14-22-24-19/h2-3,6-9,12-14H,1,4-5,10-11H2,(H,22,24). The number of rotatable bonds is 2. The van der Waals surface area contributed by atoms with E-state index in [0.29, 0.717) is 0 Å². The van der Waals surface area contributed by atoms with E-state index < -0.39 is 0 Å². The van der Waals surface area contributed by atoms with Crippen LogP contribution in [-0.2, 0) is 0 Å². The molecular formula is C21H20N4. The Morgan fingerprint density at radius 3 is 2.68 bits per heavy atom. The first-order valence-corrected chi connectivity index (χ1v) is 8.97. The highest BCUT2D eigenvalue weighted by atomic mass is 15.1. The fourth-order valence-electron chi connectivity index (χ4n) is 3.78. The Morgan fingerprint density at radius 1 is 0.880 bits per heavy atom. The highest BCUT2D eigenvalue weighted by Gasteiger charge is 2.18. The van der Waals surface area contributed by atoms with Crippen molar-refractivity contribution in [1.82, 2.24) is 15.2 Å². The number of benzene rings is 2. The molecule has 0 radical (unpaired) electrons. The molecule has 1 aliphatic rings. The molecule has 3 heterocycles. The predicted octanol–water partition coefficient (Wildman–Crippen LogP) is 4.77. The summed E-state index contributed by atoms with van der Waals surface area (Å²) in [7, 11) is 0. The van der Waals surface area contributed by atoms with E-state index in [0.717, 1.165) is 40.8 Å². The Balaban J connectivity index is 1.73. The van der Waals surface area contributed by atoms with Gasteiger partial charge in [-0.25, -0.2) is 4.98 Å². The van der Waals surface area contributed by atoms with Crippen LogP contribution in [0.3, 0.4) is 0 Å². The minimum Gasteiger partial charge on any atom is -0.370 e. The second-order valence-electron chi connectivity index (χ2n) is 6.77. The summed E-state index contributed by atoms with van der Waals surface area (Å²) in [5.41, 5.74) is 5.58. The number of nitrogens with one attached hydrogen (secondary N) is 1. The topological polar surface area (TPSA) is 44.8 Å². The zero-order chi connectivity index (χ0) is 16.6. The predicted molar refractivity (Wildman–Crippen MR) is 103 cm³/mol. The van der Waals surface area contributed by atoms with Crippen molar-refractivity contribution < 1.29 is 0 Å². The second-order valence-corrected chi connectivity index (χ2v) is 6.77. The summed E-state index contributed by atoms with van der Waals surface area (Å²) in [6, 6.07) is 17.1. The minimum atomic E-state index is 1.05. The van der Waals surface area contributed by atoms with Gasteiger partial charge in [-0.05, 0) is 43.5 Å². The lowest BCUT2D eigenvalue weighted by molar-refractivity contribution is 0.578. The van der Waals surface area contributed by atoms with Crippen molar-refractivity contribution in [3.63, 3.8) is 0 Å². The van der Waals surface area contributed by atoms with Crippen molar-refractivity contribution in [2.45, 2.75) is 19.3 Å². The minimum absolute atomic E-state index is 1.05. The molecular weight excluding hydrogens is 308 g/mol. The van der Waals surface area contributed by atoms with Gasteiger partial charge in [-0.15, -0.1) is 0 Å². The maximum atomic E-state index is 5.04. The van der Waals surface area contributed by atoms with Crippen LogP contribution in [-0.4, -0.2) is 28.3 Å². The van der Waals surface area contributed by atoms with Crippen molar-refractivity contribution in [3.8, 4) is 11.3 Å². The summed E-state index contributed by atoms with van der Waals surface area (Å²) in [6.45, 7) is 2.22. The van der Waals surface area contributed by atoms with E-state index in [4.69, 9.17) is 4.98 Å². The lowest BCUT2D eigenvalue weighted by Gasteiger charge is -2.30. The highest BCUT2D eigenvalue weighted by molar-refractivity contribution is 5.92. The molecule has 0 spiro atoms. The molecule has 25 heavy (non-hydrogen) atoms. The van der Waals surface area contributed by atoms with Crippen LogP contribution in [0, 0.1) is 0 Å². The van der Waals surface area contributed by atoms with Gasteiger partial charge in [0.05, 0.1) is 28.6 Å². The van der Waals surface area contributed by atoms with Crippen LogP contribution in [0.2, 0.25) is 0 Å². The fourth-order valence-corrected chi connectivity index (χ4v) is 3.78.